The zero-order valence-electron chi connectivity index (χ0n) is 12.3. The van der Waals surface area contributed by atoms with E-state index in [0.717, 1.165) is 0 Å². The number of aromatic nitrogens is 1. The molecular formula is C17H8Cl6N2. The molecule has 0 fully saturated rings. The third-order valence-electron chi connectivity index (χ3n) is 3.54. The first-order valence-corrected chi connectivity index (χ1v) is 9.10. The topological polar surface area (TPSA) is 38.9 Å². The van der Waals surface area contributed by atoms with Gasteiger partial charge in [-0.25, -0.2) is 4.98 Å². The van der Waals surface area contributed by atoms with E-state index in [1.807, 2.05) is 0 Å². The quantitative estimate of drug-likeness (QED) is 0.401. The van der Waals surface area contributed by atoms with Gasteiger partial charge in [0.1, 0.15) is 5.82 Å². The molecule has 0 atom stereocenters. The van der Waals surface area contributed by atoms with E-state index < -0.39 is 0 Å². The third-order valence-corrected chi connectivity index (χ3v) is 5.61. The molecule has 0 bridgehead atoms. The van der Waals surface area contributed by atoms with E-state index in [1.165, 1.54) is 0 Å². The van der Waals surface area contributed by atoms with Crippen molar-refractivity contribution in [3.05, 3.63) is 66.7 Å². The van der Waals surface area contributed by atoms with Crippen molar-refractivity contribution in [1.82, 2.24) is 4.98 Å². The lowest BCUT2D eigenvalue weighted by atomic mass is 10.0. The second-order valence-electron chi connectivity index (χ2n) is 5.15. The number of halogens is 6. The van der Waals surface area contributed by atoms with Crippen molar-refractivity contribution in [2.24, 2.45) is 0 Å². The first-order chi connectivity index (χ1) is 11.8. The predicted molar refractivity (Wildman–Crippen MR) is 110 cm³/mol. The number of hydrogen-bond acceptors (Lipinski definition) is 2. The summed E-state index contributed by atoms with van der Waals surface area (Å²) >= 11 is 36.7. The minimum absolute atomic E-state index is 0.292. The molecule has 0 radical (unpaired) electrons. The summed E-state index contributed by atoms with van der Waals surface area (Å²) < 4.78 is 0. The maximum absolute atomic E-state index is 6.29. The Morgan fingerprint density at radius 2 is 1.04 bits per heavy atom. The van der Waals surface area contributed by atoms with Crippen molar-refractivity contribution in [3.63, 3.8) is 0 Å². The Morgan fingerprint density at radius 3 is 1.64 bits per heavy atom. The van der Waals surface area contributed by atoms with E-state index in [9.17, 15) is 0 Å². The summed E-state index contributed by atoms with van der Waals surface area (Å²) in [5.41, 5.74) is 8.60. The van der Waals surface area contributed by atoms with Crippen LogP contribution < -0.4 is 5.73 Å². The molecular weight excluding hydrogens is 445 g/mol. The summed E-state index contributed by atoms with van der Waals surface area (Å²) in [6.45, 7) is 0. The number of anilines is 1. The second kappa shape index (κ2) is 7.40. The molecule has 0 saturated heterocycles. The number of benzene rings is 2. The first-order valence-electron chi connectivity index (χ1n) is 6.83. The number of nitrogens with two attached hydrogens (primary N) is 1. The molecule has 128 valence electrons. The van der Waals surface area contributed by atoms with Crippen LogP contribution in [0.1, 0.15) is 0 Å². The molecule has 3 aromatic rings. The maximum Gasteiger partial charge on any atom is 0.131 e. The molecule has 0 unspecified atom stereocenters. The second-order valence-corrected chi connectivity index (χ2v) is 7.59. The molecule has 0 aliphatic rings. The van der Waals surface area contributed by atoms with Crippen LogP contribution >= 0.6 is 69.6 Å². The average Bonchev–Trinajstić information content (AvgIpc) is 2.55. The molecule has 3 rings (SSSR count). The normalized spacial score (nSPS) is 11.0. The third kappa shape index (κ3) is 3.80. The zero-order chi connectivity index (χ0) is 18.3. The minimum Gasteiger partial charge on any atom is -0.383 e. The Labute approximate surface area is 174 Å². The monoisotopic (exact) mass is 450 g/mol. The Morgan fingerprint density at radius 1 is 0.560 bits per heavy atom. The van der Waals surface area contributed by atoms with Crippen molar-refractivity contribution >= 4 is 75.4 Å². The average molecular weight is 453 g/mol. The van der Waals surface area contributed by atoms with Crippen molar-refractivity contribution < 1.29 is 0 Å². The van der Waals surface area contributed by atoms with Gasteiger partial charge in [-0.05, 0) is 30.3 Å². The summed E-state index contributed by atoms with van der Waals surface area (Å²) in [7, 11) is 0. The van der Waals surface area contributed by atoms with Crippen LogP contribution in [0.15, 0.2) is 36.5 Å². The highest BCUT2D eigenvalue weighted by atomic mass is 35.5. The van der Waals surface area contributed by atoms with Gasteiger partial charge in [-0.3, -0.25) is 0 Å². The van der Waals surface area contributed by atoms with Crippen molar-refractivity contribution in [2.45, 2.75) is 0 Å². The van der Waals surface area contributed by atoms with Crippen LogP contribution in [0.2, 0.25) is 30.1 Å². The van der Waals surface area contributed by atoms with E-state index in [2.05, 4.69) is 4.98 Å². The van der Waals surface area contributed by atoms with Gasteiger partial charge in [-0.2, -0.15) is 0 Å². The van der Waals surface area contributed by atoms with Gasteiger partial charge in [0, 0.05) is 28.5 Å². The predicted octanol–water partition coefficient (Wildman–Crippen LogP) is 7.92. The summed E-state index contributed by atoms with van der Waals surface area (Å²) in [4.78, 5) is 4.23. The SMILES string of the molecule is Nc1ncc(-c2cc(Cl)c(Cl)cc2Cl)cc1-c1cc(Cl)c(Cl)cc1Cl. The Kier molecular flexibility index (Phi) is 5.60. The van der Waals surface area contributed by atoms with Crippen LogP contribution in [0, 0.1) is 0 Å². The number of pyridine rings is 1. The summed E-state index contributed by atoms with van der Waals surface area (Å²) in [5.74, 6) is 0.292. The fourth-order valence-corrected chi connectivity index (χ4v) is 3.62. The number of nitrogens with zero attached hydrogens (tertiary/aromatic N) is 1. The standard InChI is InChI=1S/C17H8Cl6N2/c18-11-4-15(22)13(20)2-8(11)7-1-10(17(24)25-6-7)9-3-14(21)16(23)5-12(9)19/h1-6H,(H2,24,25). The van der Waals surface area contributed by atoms with E-state index >= 15 is 0 Å². The van der Waals surface area contributed by atoms with Gasteiger partial charge in [0.15, 0.2) is 0 Å². The van der Waals surface area contributed by atoms with Gasteiger partial charge < -0.3 is 5.73 Å². The van der Waals surface area contributed by atoms with Gasteiger partial charge in [0.2, 0.25) is 0 Å². The van der Waals surface area contributed by atoms with E-state index in [1.54, 1.807) is 36.5 Å². The van der Waals surface area contributed by atoms with Crippen LogP contribution in [0.3, 0.4) is 0 Å². The Hall–Kier alpha value is -0.870. The molecule has 2 nitrogen and oxygen atoms in total. The Bertz CT molecular complexity index is 987. The van der Waals surface area contributed by atoms with E-state index in [0.29, 0.717) is 58.2 Å². The fraction of sp³-hybridized carbons (Fsp3) is 0. The minimum atomic E-state index is 0.292. The summed E-state index contributed by atoms with van der Waals surface area (Å²) in [6.07, 6.45) is 1.59. The van der Waals surface area contributed by atoms with Crippen LogP contribution in [0.25, 0.3) is 22.3 Å². The van der Waals surface area contributed by atoms with Crippen molar-refractivity contribution in [1.29, 1.82) is 0 Å². The summed E-state index contributed by atoms with van der Waals surface area (Å²) in [6, 6.07) is 8.24. The molecule has 0 spiro atoms. The van der Waals surface area contributed by atoms with Gasteiger partial charge >= 0.3 is 0 Å². The fourth-order valence-electron chi connectivity index (χ4n) is 2.31. The van der Waals surface area contributed by atoms with Crippen LogP contribution in [0.4, 0.5) is 5.82 Å². The number of rotatable bonds is 2. The van der Waals surface area contributed by atoms with Crippen molar-refractivity contribution in [3.8, 4) is 22.3 Å². The first kappa shape index (κ1) is 18.9. The van der Waals surface area contributed by atoms with Crippen LogP contribution in [-0.4, -0.2) is 4.98 Å². The van der Waals surface area contributed by atoms with E-state index in [-0.39, 0.29) is 0 Å². The molecule has 0 aliphatic heterocycles. The highest BCUT2D eigenvalue weighted by Gasteiger charge is 2.15. The molecule has 1 heterocycles. The van der Waals surface area contributed by atoms with Crippen LogP contribution in [-0.2, 0) is 0 Å². The number of hydrogen-bond donors (Lipinski definition) is 1. The lowest BCUT2D eigenvalue weighted by molar-refractivity contribution is 1.33. The lowest BCUT2D eigenvalue weighted by Gasteiger charge is -2.12. The van der Waals surface area contributed by atoms with Crippen molar-refractivity contribution in [2.75, 3.05) is 5.73 Å². The highest BCUT2D eigenvalue weighted by molar-refractivity contribution is 6.44. The van der Waals surface area contributed by atoms with Gasteiger partial charge in [-0.1, -0.05) is 69.6 Å². The smallest absolute Gasteiger partial charge is 0.131 e. The lowest BCUT2D eigenvalue weighted by Crippen LogP contribution is -1.96. The summed E-state index contributed by atoms with van der Waals surface area (Å²) in [5, 5.41) is 2.30. The Balaban J connectivity index is 2.21. The van der Waals surface area contributed by atoms with Gasteiger partial charge in [0.25, 0.3) is 0 Å². The van der Waals surface area contributed by atoms with Crippen LogP contribution in [0.5, 0.6) is 0 Å². The highest BCUT2D eigenvalue weighted by Crippen LogP contribution is 2.40. The largest absolute Gasteiger partial charge is 0.383 e. The molecule has 2 N–H and O–H groups in total. The molecule has 0 aliphatic carbocycles. The molecule has 2 aromatic carbocycles. The molecule has 0 saturated carbocycles. The molecule has 25 heavy (non-hydrogen) atoms. The van der Waals surface area contributed by atoms with Gasteiger partial charge in [0.05, 0.1) is 30.1 Å². The zero-order valence-corrected chi connectivity index (χ0v) is 16.8. The maximum atomic E-state index is 6.29. The number of nitrogen functional groups attached to an aromatic ring is 1. The van der Waals surface area contributed by atoms with E-state index in [4.69, 9.17) is 75.3 Å². The molecule has 0 amide bonds. The molecule has 8 heteroatoms. The van der Waals surface area contributed by atoms with Gasteiger partial charge in [-0.15, -0.1) is 0 Å². The molecule has 1 aromatic heterocycles.